The number of carboxylic acids is 1. The SMILES string of the molecule is CCC[C@@](C)(NC(=O)CC[C@H]1CCCCO1)C(=O)O. The highest BCUT2D eigenvalue weighted by Gasteiger charge is 2.33. The van der Waals surface area contributed by atoms with Crippen molar-refractivity contribution in [2.24, 2.45) is 0 Å². The van der Waals surface area contributed by atoms with Crippen LogP contribution in [0, 0.1) is 0 Å². The lowest BCUT2D eigenvalue weighted by atomic mass is 9.95. The number of amides is 1. The molecule has 0 aromatic carbocycles. The third kappa shape index (κ3) is 5.19. The van der Waals surface area contributed by atoms with E-state index in [2.05, 4.69) is 5.32 Å². The van der Waals surface area contributed by atoms with Crippen molar-refractivity contribution < 1.29 is 19.4 Å². The molecule has 1 aliphatic rings. The van der Waals surface area contributed by atoms with Crippen molar-refractivity contribution in [3.05, 3.63) is 0 Å². The summed E-state index contributed by atoms with van der Waals surface area (Å²) >= 11 is 0. The van der Waals surface area contributed by atoms with Crippen LogP contribution in [-0.2, 0) is 14.3 Å². The Hall–Kier alpha value is -1.10. The van der Waals surface area contributed by atoms with Gasteiger partial charge in [-0.15, -0.1) is 0 Å². The fourth-order valence-corrected chi connectivity index (χ4v) is 2.42. The summed E-state index contributed by atoms with van der Waals surface area (Å²) in [6.45, 7) is 4.24. The Bertz CT molecular complexity index is 313. The van der Waals surface area contributed by atoms with Crippen molar-refractivity contribution in [2.75, 3.05) is 6.61 Å². The zero-order valence-electron chi connectivity index (χ0n) is 11.9. The van der Waals surface area contributed by atoms with Crippen molar-refractivity contribution in [1.29, 1.82) is 0 Å². The quantitative estimate of drug-likeness (QED) is 0.743. The average Bonchev–Trinajstić information content (AvgIpc) is 2.37. The molecule has 0 aromatic heterocycles. The molecule has 0 aromatic rings. The molecule has 0 unspecified atom stereocenters. The number of hydrogen-bond acceptors (Lipinski definition) is 3. The zero-order valence-corrected chi connectivity index (χ0v) is 11.9. The number of nitrogens with one attached hydrogen (secondary N) is 1. The second kappa shape index (κ2) is 7.48. The maximum absolute atomic E-state index is 11.9. The summed E-state index contributed by atoms with van der Waals surface area (Å²) in [6, 6.07) is 0. The molecule has 19 heavy (non-hydrogen) atoms. The lowest BCUT2D eigenvalue weighted by Crippen LogP contribution is -2.52. The summed E-state index contributed by atoms with van der Waals surface area (Å²) in [6.07, 6.45) is 5.55. The molecule has 0 bridgehead atoms. The van der Waals surface area contributed by atoms with Gasteiger partial charge in [0, 0.05) is 13.0 Å². The molecule has 1 rings (SSSR count). The summed E-state index contributed by atoms with van der Waals surface area (Å²) in [4.78, 5) is 23.1. The van der Waals surface area contributed by atoms with Crippen molar-refractivity contribution in [3.8, 4) is 0 Å². The number of rotatable bonds is 7. The second-order valence-electron chi connectivity index (χ2n) is 5.46. The fraction of sp³-hybridized carbons (Fsp3) is 0.857. The highest BCUT2D eigenvalue weighted by molar-refractivity contribution is 5.86. The van der Waals surface area contributed by atoms with E-state index in [1.165, 1.54) is 0 Å². The minimum absolute atomic E-state index is 0.154. The minimum atomic E-state index is -1.15. The van der Waals surface area contributed by atoms with E-state index in [0.717, 1.165) is 32.3 Å². The normalized spacial score (nSPS) is 22.5. The molecule has 0 saturated carbocycles. The van der Waals surface area contributed by atoms with Crippen molar-refractivity contribution in [2.45, 2.75) is 70.4 Å². The molecule has 5 heteroatoms. The van der Waals surface area contributed by atoms with Gasteiger partial charge in [-0.3, -0.25) is 4.79 Å². The zero-order chi connectivity index (χ0) is 14.3. The van der Waals surface area contributed by atoms with E-state index in [1.54, 1.807) is 6.92 Å². The number of ether oxygens (including phenoxy) is 1. The van der Waals surface area contributed by atoms with E-state index >= 15 is 0 Å². The maximum atomic E-state index is 11.9. The Balaban J connectivity index is 2.37. The van der Waals surface area contributed by atoms with E-state index in [9.17, 15) is 14.7 Å². The molecule has 1 saturated heterocycles. The largest absolute Gasteiger partial charge is 0.480 e. The molecular formula is C14H25NO4. The third-order valence-corrected chi connectivity index (χ3v) is 3.60. The van der Waals surface area contributed by atoms with E-state index < -0.39 is 11.5 Å². The van der Waals surface area contributed by atoms with E-state index in [4.69, 9.17) is 4.74 Å². The lowest BCUT2D eigenvalue weighted by Gasteiger charge is -2.27. The Labute approximate surface area is 114 Å². The first kappa shape index (κ1) is 16.0. The Morgan fingerprint density at radius 1 is 1.42 bits per heavy atom. The third-order valence-electron chi connectivity index (χ3n) is 3.60. The van der Waals surface area contributed by atoms with Crippen molar-refractivity contribution in [1.82, 2.24) is 5.32 Å². The summed E-state index contributed by atoms with van der Waals surface area (Å²) in [5, 5.41) is 11.8. The van der Waals surface area contributed by atoms with Crippen LogP contribution in [0.5, 0.6) is 0 Å². The number of carbonyl (C=O) groups is 2. The van der Waals surface area contributed by atoms with Crippen LogP contribution in [-0.4, -0.2) is 35.2 Å². The molecule has 1 aliphatic heterocycles. The van der Waals surface area contributed by atoms with Gasteiger partial charge in [-0.2, -0.15) is 0 Å². The fourth-order valence-electron chi connectivity index (χ4n) is 2.42. The first-order valence-corrected chi connectivity index (χ1v) is 7.14. The molecule has 5 nitrogen and oxygen atoms in total. The van der Waals surface area contributed by atoms with Gasteiger partial charge in [-0.25, -0.2) is 4.79 Å². The number of carboxylic acid groups (broad SMARTS) is 1. The van der Waals surface area contributed by atoms with Gasteiger partial charge in [0.1, 0.15) is 5.54 Å². The van der Waals surface area contributed by atoms with Gasteiger partial charge in [-0.05, 0) is 39.0 Å². The molecule has 110 valence electrons. The van der Waals surface area contributed by atoms with Crippen LogP contribution < -0.4 is 5.32 Å². The Morgan fingerprint density at radius 2 is 2.16 bits per heavy atom. The maximum Gasteiger partial charge on any atom is 0.329 e. The molecule has 1 heterocycles. The molecular weight excluding hydrogens is 246 g/mol. The highest BCUT2D eigenvalue weighted by Crippen LogP contribution is 2.18. The number of carbonyl (C=O) groups excluding carboxylic acids is 1. The topological polar surface area (TPSA) is 75.6 Å². The van der Waals surface area contributed by atoms with Gasteiger partial charge in [-0.1, -0.05) is 13.3 Å². The molecule has 2 atom stereocenters. The summed E-state index contributed by atoms with van der Waals surface area (Å²) in [5.41, 5.74) is -1.15. The number of aliphatic carboxylic acids is 1. The smallest absolute Gasteiger partial charge is 0.329 e. The van der Waals surface area contributed by atoms with Crippen LogP contribution >= 0.6 is 0 Å². The van der Waals surface area contributed by atoms with Gasteiger partial charge in [0.15, 0.2) is 0 Å². The van der Waals surface area contributed by atoms with Crippen molar-refractivity contribution in [3.63, 3.8) is 0 Å². The molecule has 2 N–H and O–H groups in total. The lowest BCUT2D eigenvalue weighted by molar-refractivity contribution is -0.147. The van der Waals surface area contributed by atoms with Crippen LogP contribution in [0.25, 0.3) is 0 Å². The first-order chi connectivity index (χ1) is 8.98. The Morgan fingerprint density at radius 3 is 2.68 bits per heavy atom. The van der Waals surface area contributed by atoms with Crippen LogP contribution in [0.3, 0.4) is 0 Å². The number of hydrogen-bond donors (Lipinski definition) is 2. The standard InChI is InChI=1S/C14H25NO4/c1-3-9-14(2,13(17)18)15-12(16)8-7-11-6-4-5-10-19-11/h11H,3-10H2,1-2H3,(H,15,16)(H,17,18)/t11-,14-/m1/s1. The molecule has 1 fully saturated rings. The van der Waals surface area contributed by atoms with E-state index in [1.807, 2.05) is 6.92 Å². The van der Waals surface area contributed by atoms with Crippen LogP contribution in [0.1, 0.15) is 58.8 Å². The predicted octanol–water partition coefficient (Wildman–Crippen LogP) is 2.10. The van der Waals surface area contributed by atoms with Crippen LogP contribution in [0.4, 0.5) is 0 Å². The molecule has 0 aliphatic carbocycles. The van der Waals surface area contributed by atoms with Gasteiger partial charge in [0.05, 0.1) is 6.10 Å². The second-order valence-corrected chi connectivity index (χ2v) is 5.46. The van der Waals surface area contributed by atoms with Crippen LogP contribution in [0.15, 0.2) is 0 Å². The predicted molar refractivity (Wildman–Crippen MR) is 71.9 cm³/mol. The summed E-state index contributed by atoms with van der Waals surface area (Å²) in [5.74, 6) is -1.18. The van der Waals surface area contributed by atoms with E-state index in [0.29, 0.717) is 19.3 Å². The first-order valence-electron chi connectivity index (χ1n) is 7.14. The molecule has 0 spiro atoms. The average molecular weight is 271 g/mol. The van der Waals surface area contributed by atoms with Crippen molar-refractivity contribution >= 4 is 11.9 Å². The highest BCUT2D eigenvalue weighted by atomic mass is 16.5. The van der Waals surface area contributed by atoms with Gasteiger partial charge < -0.3 is 15.2 Å². The molecule has 1 amide bonds. The van der Waals surface area contributed by atoms with Gasteiger partial charge in [0.2, 0.25) is 5.91 Å². The monoisotopic (exact) mass is 271 g/mol. The Kier molecular flexibility index (Phi) is 6.28. The van der Waals surface area contributed by atoms with E-state index in [-0.39, 0.29) is 12.0 Å². The summed E-state index contributed by atoms with van der Waals surface area (Å²) in [7, 11) is 0. The molecule has 0 radical (unpaired) electrons. The summed E-state index contributed by atoms with van der Waals surface area (Å²) < 4.78 is 5.56. The van der Waals surface area contributed by atoms with Gasteiger partial charge in [0.25, 0.3) is 0 Å². The van der Waals surface area contributed by atoms with Crippen LogP contribution in [0.2, 0.25) is 0 Å². The minimum Gasteiger partial charge on any atom is -0.480 e. The van der Waals surface area contributed by atoms with Gasteiger partial charge >= 0.3 is 5.97 Å².